The fourth-order valence-corrected chi connectivity index (χ4v) is 4.83. The predicted molar refractivity (Wildman–Crippen MR) is 124 cm³/mol. The molecule has 1 fully saturated rings. The van der Waals surface area contributed by atoms with E-state index in [1.165, 1.54) is 36.9 Å². The van der Waals surface area contributed by atoms with Crippen LogP contribution in [0.15, 0.2) is 59.5 Å². The van der Waals surface area contributed by atoms with Gasteiger partial charge in [0, 0.05) is 43.4 Å². The van der Waals surface area contributed by atoms with Crippen molar-refractivity contribution in [3.05, 3.63) is 59.6 Å². The van der Waals surface area contributed by atoms with Crippen molar-refractivity contribution in [3.8, 4) is 0 Å². The fourth-order valence-electron chi connectivity index (χ4n) is 3.50. The van der Waals surface area contributed by atoms with Gasteiger partial charge in [0.25, 0.3) is 0 Å². The lowest BCUT2D eigenvalue weighted by molar-refractivity contribution is -0.122. The first-order valence-corrected chi connectivity index (χ1v) is 12.3. The maximum absolute atomic E-state index is 12.4. The first-order chi connectivity index (χ1) is 14.8. The van der Waals surface area contributed by atoms with Gasteiger partial charge in [-0.2, -0.15) is 4.72 Å². The molecule has 1 aliphatic rings. The maximum atomic E-state index is 12.4. The maximum Gasteiger partial charge on any atom is 0.241 e. The summed E-state index contributed by atoms with van der Waals surface area (Å²) in [6.07, 6.45) is 0.813. The third-order valence-electron chi connectivity index (χ3n) is 5.29. The zero-order valence-electron chi connectivity index (χ0n) is 17.6. The number of rotatable bonds is 9. The number of carbonyl (C=O) groups is 1. The summed E-state index contributed by atoms with van der Waals surface area (Å²) in [4.78, 5) is 17.1. The second-order valence-corrected chi connectivity index (χ2v) is 9.76. The summed E-state index contributed by atoms with van der Waals surface area (Å²) in [5.41, 5.74) is 1.25. The molecule has 1 atom stereocenters. The molecule has 2 N–H and O–H groups in total. The number of amides is 1. The summed E-state index contributed by atoms with van der Waals surface area (Å²) >= 11 is 5.80. The van der Waals surface area contributed by atoms with Crippen LogP contribution in [-0.4, -0.2) is 64.5 Å². The molecule has 0 saturated carbocycles. The van der Waals surface area contributed by atoms with Gasteiger partial charge in [0.1, 0.15) is 0 Å². The molecule has 0 spiro atoms. The number of piperazine rings is 1. The van der Waals surface area contributed by atoms with E-state index in [-0.39, 0.29) is 10.8 Å². The molecule has 0 bridgehead atoms. The van der Waals surface area contributed by atoms with Crippen molar-refractivity contribution in [2.45, 2.75) is 24.3 Å². The van der Waals surface area contributed by atoms with E-state index in [9.17, 15) is 13.2 Å². The summed E-state index contributed by atoms with van der Waals surface area (Å²) in [6.45, 7) is 6.88. The van der Waals surface area contributed by atoms with E-state index in [4.69, 9.17) is 11.6 Å². The smallest absolute Gasteiger partial charge is 0.241 e. The molecule has 31 heavy (non-hydrogen) atoms. The predicted octanol–water partition coefficient (Wildman–Crippen LogP) is 2.34. The largest absolute Gasteiger partial charge is 0.369 e. The van der Waals surface area contributed by atoms with Crippen LogP contribution in [0.5, 0.6) is 0 Å². The highest BCUT2D eigenvalue weighted by Gasteiger charge is 2.22. The van der Waals surface area contributed by atoms with Gasteiger partial charge in [-0.05, 0) is 56.3 Å². The normalized spacial score (nSPS) is 16.1. The molecule has 0 unspecified atom stereocenters. The van der Waals surface area contributed by atoms with Gasteiger partial charge < -0.3 is 10.2 Å². The van der Waals surface area contributed by atoms with Crippen molar-refractivity contribution < 1.29 is 13.2 Å². The second kappa shape index (κ2) is 10.9. The molecule has 0 aliphatic carbocycles. The number of carbonyl (C=O) groups excluding carboxylic acids is 1. The molecule has 3 rings (SSSR count). The van der Waals surface area contributed by atoms with Crippen LogP contribution in [0, 0.1) is 0 Å². The van der Waals surface area contributed by atoms with Crippen molar-refractivity contribution in [1.82, 2.24) is 14.9 Å². The van der Waals surface area contributed by atoms with E-state index in [2.05, 4.69) is 44.1 Å². The Hall–Kier alpha value is -2.13. The van der Waals surface area contributed by atoms with E-state index < -0.39 is 16.1 Å². The van der Waals surface area contributed by atoms with Crippen LogP contribution in [0.1, 0.15) is 13.3 Å². The lowest BCUT2D eigenvalue weighted by atomic mass is 10.2. The summed E-state index contributed by atoms with van der Waals surface area (Å²) in [7, 11) is -3.78. The topological polar surface area (TPSA) is 81.7 Å². The van der Waals surface area contributed by atoms with Crippen LogP contribution >= 0.6 is 11.6 Å². The number of halogens is 1. The van der Waals surface area contributed by atoms with Gasteiger partial charge in [0.15, 0.2) is 0 Å². The quantitative estimate of drug-likeness (QED) is 0.557. The van der Waals surface area contributed by atoms with Gasteiger partial charge in [-0.3, -0.25) is 9.69 Å². The summed E-state index contributed by atoms with van der Waals surface area (Å²) < 4.78 is 27.2. The highest BCUT2D eigenvalue weighted by atomic mass is 35.5. The highest BCUT2D eigenvalue weighted by molar-refractivity contribution is 7.89. The van der Waals surface area contributed by atoms with E-state index in [1.807, 2.05) is 6.07 Å². The first-order valence-electron chi connectivity index (χ1n) is 10.4. The van der Waals surface area contributed by atoms with Crippen molar-refractivity contribution in [1.29, 1.82) is 0 Å². The number of para-hydroxylation sites is 1. The lowest BCUT2D eigenvalue weighted by Crippen LogP contribution is -2.47. The molecule has 1 amide bonds. The third kappa shape index (κ3) is 6.93. The molecule has 0 aromatic heterocycles. The van der Waals surface area contributed by atoms with Gasteiger partial charge in [0.05, 0.1) is 10.9 Å². The Morgan fingerprint density at radius 3 is 2.32 bits per heavy atom. The van der Waals surface area contributed by atoms with Crippen LogP contribution in [0.2, 0.25) is 5.02 Å². The Morgan fingerprint density at radius 1 is 1.03 bits per heavy atom. The van der Waals surface area contributed by atoms with E-state index in [0.717, 1.165) is 39.1 Å². The molecule has 1 aliphatic heterocycles. The van der Waals surface area contributed by atoms with E-state index in [0.29, 0.717) is 11.6 Å². The Balaban J connectivity index is 1.35. The SMILES string of the molecule is C[C@H](NS(=O)(=O)c1ccc(Cl)cc1)C(=O)NCCCN1CCN(c2ccccc2)CC1. The molecule has 2 aromatic carbocycles. The molecule has 0 radical (unpaired) electrons. The van der Waals surface area contributed by atoms with E-state index >= 15 is 0 Å². The van der Waals surface area contributed by atoms with E-state index in [1.54, 1.807) is 0 Å². The second-order valence-electron chi connectivity index (χ2n) is 7.61. The van der Waals surface area contributed by atoms with Crippen molar-refractivity contribution in [3.63, 3.8) is 0 Å². The van der Waals surface area contributed by atoms with Crippen LogP contribution in [0.3, 0.4) is 0 Å². The Labute approximate surface area is 189 Å². The molecule has 7 nitrogen and oxygen atoms in total. The molecule has 9 heteroatoms. The fraction of sp³-hybridized carbons (Fsp3) is 0.409. The Kier molecular flexibility index (Phi) is 8.31. The van der Waals surface area contributed by atoms with Crippen LogP contribution in [-0.2, 0) is 14.8 Å². The zero-order chi connectivity index (χ0) is 22.3. The minimum Gasteiger partial charge on any atom is -0.369 e. The van der Waals surface area contributed by atoms with Gasteiger partial charge in [0.2, 0.25) is 15.9 Å². The number of nitrogens with zero attached hydrogens (tertiary/aromatic N) is 2. The standard InChI is InChI=1S/C22H29ClN4O3S/c1-18(25-31(29,30)21-10-8-19(23)9-11-21)22(28)24-12-5-13-26-14-16-27(17-15-26)20-6-3-2-4-7-20/h2-4,6-11,18,25H,5,12-17H2,1H3,(H,24,28)/t18-/m0/s1. The van der Waals surface area contributed by atoms with Crippen molar-refractivity contribution in [2.75, 3.05) is 44.2 Å². The lowest BCUT2D eigenvalue weighted by Gasteiger charge is -2.36. The molecule has 1 saturated heterocycles. The average Bonchev–Trinajstić information content (AvgIpc) is 2.77. The van der Waals surface area contributed by atoms with Gasteiger partial charge in [-0.1, -0.05) is 29.8 Å². The number of nitrogens with one attached hydrogen (secondary N) is 2. The van der Waals surface area contributed by atoms with Crippen LogP contribution in [0.4, 0.5) is 5.69 Å². The summed E-state index contributed by atoms with van der Waals surface area (Å²) in [5.74, 6) is -0.341. The van der Waals surface area contributed by atoms with Crippen LogP contribution in [0.25, 0.3) is 0 Å². The molecule has 2 aromatic rings. The monoisotopic (exact) mass is 464 g/mol. The minimum absolute atomic E-state index is 0.0752. The number of sulfonamides is 1. The minimum atomic E-state index is -3.78. The Bertz CT molecular complexity index is 946. The molecular formula is C22H29ClN4O3S. The first kappa shape index (κ1) is 23.5. The number of benzene rings is 2. The summed E-state index contributed by atoms with van der Waals surface area (Å²) in [6, 6.07) is 15.4. The van der Waals surface area contributed by atoms with Crippen molar-refractivity contribution >= 4 is 33.2 Å². The number of anilines is 1. The Morgan fingerprint density at radius 2 is 1.68 bits per heavy atom. The highest BCUT2D eigenvalue weighted by Crippen LogP contribution is 2.16. The molecular weight excluding hydrogens is 436 g/mol. The van der Waals surface area contributed by atoms with Gasteiger partial charge in [-0.25, -0.2) is 8.42 Å². The van der Waals surface area contributed by atoms with Crippen LogP contribution < -0.4 is 14.9 Å². The summed E-state index contributed by atoms with van der Waals surface area (Å²) in [5, 5.41) is 3.27. The third-order valence-corrected chi connectivity index (χ3v) is 7.10. The zero-order valence-corrected chi connectivity index (χ0v) is 19.2. The number of hydrogen-bond acceptors (Lipinski definition) is 5. The molecule has 1 heterocycles. The van der Waals surface area contributed by atoms with Crippen molar-refractivity contribution in [2.24, 2.45) is 0 Å². The molecule has 168 valence electrons. The average molecular weight is 465 g/mol. The van der Waals surface area contributed by atoms with Gasteiger partial charge >= 0.3 is 0 Å². The van der Waals surface area contributed by atoms with Gasteiger partial charge in [-0.15, -0.1) is 0 Å². The number of hydrogen-bond donors (Lipinski definition) is 2.